The van der Waals surface area contributed by atoms with Crippen molar-refractivity contribution < 1.29 is 4.79 Å². The molecule has 6 heteroatoms. The number of thiazole rings is 1. The number of aromatic nitrogens is 3. The molecule has 0 saturated heterocycles. The van der Waals surface area contributed by atoms with E-state index >= 15 is 0 Å². The fourth-order valence-corrected chi connectivity index (χ4v) is 4.81. The van der Waals surface area contributed by atoms with Gasteiger partial charge in [0.25, 0.3) is 0 Å². The van der Waals surface area contributed by atoms with Crippen LogP contribution in [0.1, 0.15) is 34.4 Å². The predicted octanol–water partition coefficient (Wildman–Crippen LogP) is 4.77. The maximum atomic E-state index is 12.9. The average Bonchev–Trinajstić information content (AvgIpc) is 3.39. The molecule has 0 aliphatic heterocycles. The van der Waals surface area contributed by atoms with E-state index in [1.807, 2.05) is 28.9 Å². The van der Waals surface area contributed by atoms with Crippen molar-refractivity contribution in [1.82, 2.24) is 14.8 Å². The molecule has 5 nitrogen and oxygen atoms in total. The third-order valence-corrected chi connectivity index (χ3v) is 6.58. The minimum absolute atomic E-state index is 0.0229. The van der Waals surface area contributed by atoms with E-state index in [2.05, 4.69) is 37.4 Å². The van der Waals surface area contributed by atoms with Crippen molar-refractivity contribution in [3.63, 3.8) is 0 Å². The van der Waals surface area contributed by atoms with Crippen LogP contribution in [-0.2, 0) is 24.1 Å². The summed E-state index contributed by atoms with van der Waals surface area (Å²) in [6.45, 7) is 4.16. The van der Waals surface area contributed by atoms with Crippen LogP contribution in [0.25, 0.3) is 15.3 Å². The Morgan fingerprint density at radius 1 is 1.14 bits per heavy atom. The smallest absolute Gasteiger partial charge is 0.229 e. The number of carbonyl (C=O) groups is 1. The van der Waals surface area contributed by atoms with E-state index in [1.165, 1.54) is 11.1 Å². The molecule has 0 atom stereocenters. The molecule has 4 aromatic rings. The number of aryl methyl sites for hydroxylation is 3. The van der Waals surface area contributed by atoms with Crippen LogP contribution < -0.4 is 5.32 Å². The van der Waals surface area contributed by atoms with Gasteiger partial charge in [-0.15, -0.1) is 0 Å². The molecule has 0 bridgehead atoms. The highest BCUT2D eigenvalue weighted by Crippen LogP contribution is 2.33. The van der Waals surface area contributed by atoms with Gasteiger partial charge in [-0.25, -0.2) is 4.98 Å². The molecule has 1 aliphatic rings. The Hall–Kier alpha value is -2.99. The lowest BCUT2D eigenvalue weighted by molar-refractivity contribution is -0.115. The van der Waals surface area contributed by atoms with Crippen LogP contribution >= 0.6 is 11.3 Å². The van der Waals surface area contributed by atoms with Crippen molar-refractivity contribution in [1.29, 1.82) is 0 Å². The second-order valence-electron chi connectivity index (χ2n) is 7.65. The minimum atomic E-state index is -0.0229. The molecular weight excluding hydrogens is 380 g/mol. The summed E-state index contributed by atoms with van der Waals surface area (Å²) in [5.41, 5.74) is 6.64. The van der Waals surface area contributed by atoms with Crippen molar-refractivity contribution in [3.8, 4) is 5.13 Å². The SMILES string of the molecule is Cc1ccc(CC(=O)Nc2c3c(nn2-c2nc4ccccc4s2)CCC3)cc1C. The summed E-state index contributed by atoms with van der Waals surface area (Å²) in [6.07, 6.45) is 3.33. The predicted molar refractivity (Wildman–Crippen MR) is 117 cm³/mol. The zero-order valence-electron chi connectivity index (χ0n) is 16.5. The summed E-state index contributed by atoms with van der Waals surface area (Å²) in [7, 11) is 0. The van der Waals surface area contributed by atoms with Crippen LogP contribution in [0.3, 0.4) is 0 Å². The van der Waals surface area contributed by atoms with Gasteiger partial charge in [0.1, 0.15) is 5.82 Å². The van der Waals surface area contributed by atoms with Gasteiger partial charge in [0.15, 0.2) is 0 Å². The number of nitrogens with zero attached hydrogens (tertiary/aromatic N) is 3. The van der Waals surface area contributed by atoms with Gasteiger partial charge in [-0.3, -0.25) is 4.79 Å². The van der Waals surface area contributed by atoms with Crippen molar-refractivity contribution in [2.45, 2.75) is 39.5 Å². The van der Waals surface area contributed by atoms with Gasteiger partial charge >= 0.3 is 0 Å². The van der Waals surface area contributed by atoms with E-state index in [-0.39, 0.29) is 5.91 Å². The number of anilines is 1. The summed E-state index contributed by atoms with van der Waals surface area (Å²) in [5.74, 6) is 0.760. The lowest BCUT2D eigenvalue weighted by Crippen LogP contribution is -2.18. The Morgan fingerprint density at radius 2 is 2.00 bits per heavy atom. The third-order valence-electron chi connectivity index (χ3n) is 5.56. The monoisotopic (exact) mass is 402 g/mol. The topological polar surface area (TPSA) is 59.8 Å². The van der Waals surface area contributed by atoms with Crippen molar-refractivity contribution >= 4 is 33.3 Å². The van der Waals surface area contributed by atoms with Gasteiger partial charge in [-0.2, -0.15) is 9.78 Å². The molecule has 2 heterocycles. The van der Waals surface area contributed by atoms with Crippen LogP contribution in [0, 0.1) is 13.8 Å². The number of benzene rings is 2. The van der Waals surface area contributed by atoms with E-state index in [0.717, 1.165) is 57.2 Å². The highest BCUT2D eigenvalue weighted by molar-refractivity contribution is 7.20. The molecule has 0 fully saturated rings. The van der Waals surface area contributed by atoms with Gasteiger partial charge in [0.05, 0.1) is 22.3 Å². The van der Waals surface area contributed by atoms with Crippen LogP contribution in [-0.4, -0.2) is 20.7 Å². The molecule has 1 amide bonds. The summed E-state index contributed by atoms with van der Waals surface area (Å²) < 4.78 is 2.94. The zero-order chi connectivity index (χ0) is 20.0. The summed E-state index contributed by atoms with van der Waals surface area (Å²) in [6, 6.07) is 14.2. The highest BCUT2D eigenvalue weighted by Gasteiger charge is 2.25. The van der Waals surface area contributed by atoms with E-state index in [9.17, 15) is 4.79 Å². The van der Waals surface area contributed by atoms with Crippen LogP contribution in [0.5, 0.6) is 0 Å². The second-order valence-corrected chi connectivity index (χ2v) is 8.66. The van der Waals surface area contributed by atoms with Crippen LogP contribution in [0.4, 0.5) is 5.82 Å². The van der Waals surface area contributed by atoms with E-state index in [1.54, 1.807) is 11.3 Å². The van der Waals surface area contributed by atoms with E-state index in [4.69, 9.17) is 10.1 Å². The number of carbonyl (C=O) groups excluding carboxylic acids is 1. The molecule has 2 aromatic heterocycles. The number of rotatable bonds is 4. The first-order valence-corrected chi connectivity index (χ1v) is 10.7. The number of fused-ring (bicyclic) bond motifs is 2. The Labute approximate surface area is 173 Å². The summed E-state index contributed by atoms with van der Waals surface area (Å²) in [5, 5.41) is 8.73. The van der Waals surface area contributed by atoms with Crippen LogP contribution in [0.2, 0.25) is 0 Å². The van der Waals surface area contributed by atoms with E-state index in [0.29, 0.717) is 6.42 Å². The Balaban J connectivity index is 1.47. The first kappa shape index (κ1) is 18.1. The quantitative estimate of drug-likeness (QED) is 0.535. The molecule has 1 aliphatic carbocycles. The number of hydrogen-bond acceptors (Lipinski definition) is 4. The number of nitrogens with one attached hydrogen (secondary N) is 1. The van der Waals surface area contributed by atoms with Gasteiger partial charge < -0.3 is 5.32 Å². The van der Waals surface area contributed by atoms with Crippen molar-refractivity contribution in [2.24, 2.45) is 0 Å². The molecule has 0 saturated carbocycles. The molecular formula is C23H22N4OS. The number of para-hydroxylation sites is 1. The Kier molecular flexibility index (Phi) is 4.43. The fourth-order valence-electron chi connectivity index (χ4n) is 3.88. The standard InChI is InChI=1S/C23H22N4OS/c1-14-10-11-16(12-15(14)2)13-21(28)25-22-17-6-5-8-18(17)26-27(22)23-24-19-7-3-4-9-20(19)29-23/h3-4,7,9-12H,5-6,8,13H2,1-2H3,(H,25,28). The Morgan fingerprint density at radius 3 is 2.83 bits per heavy atom. The lowest BCUT2D eigenvalue weighted by Gasteiger charge is -2.10. The first-order chi connectivity index (χ1) is 14.1. The molecule has 29 heavy (non-hydrogen) atoms. The van der Waals surface area contributed by atoms with Gasteiger partial charge in [-0.05, 0) is 61.9 Å². The number of amides is 1. The molecule has 2 aromatic carbocycles. The largest absolute Gasteiger partial charge is 0.310 e. The van der Waals surface area contributed by atoms with Crippen molar-refractivity contribution in [3.05, 3.63) is 70.4 Å². The maximum absolute atomic E-state index is 12.9. The second kappa shape index (κ2) is 7.12. The van der Waals surface area contributed by atoms with Crippen LogP contribution in [0.15, 0.2) is 42.5 Å². The lowest BCUT2D eigenvalue weighted by atomic mass is 10.0. The molecule has 0 radical (unpaired) electrons. The molecule has 0 spiro atoms. The summed E-state index contributed by atoms with van der Waals surface area (Å²) >= 11 is 1.59. The first-order valence-electron chi connectivity index (χ1n) is 9.91. The average molecular weight is 403 g/mol. The summed E-state index contributed by atoms with van der Waals surface area (Å²) in [4.78, 5) is 17.6. The molecule has 0 unspecified atom stereocenters. The fraction of sp³-hybridized carbons (Fsp3) is 0.261. The third kappa shape index (κ3) is 3.34. The molecule has 5 rings (SSSR count). The Bertz CT molecular complexity index is 1200. The number of hydrogen-bond donors (Lipinski definition) is 1. The molecule has 146 valence electrons. The normalized spacial score (nSPS) is 13.0. The zero-order valence-corrected chi connectivity index (χ0v) is 17.3. The highest BCUT2D eigenvalue weighted by atomic mass is 32.1. The maximum Gasteiger partial charge on any atom is 0.229 e. The van der Waals surface area contributed by atoms with Gasteiger partial charge in [-0.1, -0.05) is 41.7 Å². The van der Waals surface area contributed by atoms with Crippen molar-refractivity contribution in [2.75, 3.05) is 5.32 Å². The van der Waals surface area contributed by atoms with Gasteiger partial charge in [0, 0.05) is 5.56 Å². The molecule has 1 N–H and O–H groups in total. The van der Waals surface area contributed by atoms with E-state index < -0.39 is 0 Å². The van der Waals surface area contributed by atoms with Gasteiger partial charge in [0.2, 0.25) is 11.0 Å². The minimum Gasteiger partial charge on any atom is -0.310 e.